The lowest BCUT2D eigenvalue weighted by Crippen LogP contribution is -2.39. The molecule has 0 aliphatic rings. The molecule has 1 aromatic carbocycles. The minimum absolute atomic E-state index is 0. The summed E-state index contributed by atoms with van der Waals surface area (Å²) in [6, 6.07) is 7.55. The Balaban J connectivity index is 0.00000420. The number of guanidine groups is 1. The Kier molecular flexibility index (Phi) is 11.4. The van der Waals surface area contributed by atoms with Crippen molar-refractivity contribution < 1.29 is 14.0 Å². The van der Waals surface area contributed by atoms with Crippen LogP contribution in [0.25, 0.3) is 0 Å². The summed E-state index contributed by atoms with van der Waals surface area (Å²) >= 11 is 0. The molecule has 0 spiro atoms. The van der Waals surface area contributed by atoms with Crippen molar-refractivity contribution in [3.63, 3.8) is 0 Å². The van der Waals surface area contributed by atoms with Gasteiger partial charge in [0.25, 0.3) is 0 Å². The molecule has 0 amide bonds. The van der Waals surface area contributed by atoms with Crippen LogP contribution in [0.15, 0.2) is 33.8 Å². The van der Waals surface area contributed by atoms with Crippen LogP contribution >= 0.6 is 24.0 Å². The lowest BCUT2D eigenvalue weighted by molar-refractivity contribution is 0.229. The van der Waals surface area contributed by atoms with Gasteiger partial charge < -0.3 is 24.6 Å². The average Bonchev–Trinajstić information content (AvgIpc) is 3.15. The van der Waals surface area contributed by atoms with Gasteiger partial charge in [0.15, 0.2) is 11.8 Å². The Morgan fingerprint density at radius 1 is 1.21 bits per heavy atom. The van der Waals surface area contributed by atoms with Crippen LogP contribution in [-0.2, 0) is 6.42 Å². The highest BCUT2D eigenvalue weighted by Gasteiger charge is 2.10. The molecule has 1 heterocycles. The number of nitrogens with zero attached hydrogens (tertiary/aromatic N) is 3. The molecule has 0 fully saturated rings. The summed E-state index contributed by atoms with van der Waals surface area (Å²) in [5.74, 6) is 3.88. The van der Waals surface area contributed by atoms with Crippen LogP contribution < -0.4 is 20.1 Å². The van der Waals surface area contributed by atoms with E-state index >= 15 is 0 Å². The van der Waals surface area contributed by atoms with E-state index < -0.39 is 0 Å². The minimum atomic E-state index is -0.0768. The zero-order valence-electron chi connectivity index (χ0n) is 17.8. The highest BCUT2D eigenvalue weighted by Crippen LogP contribution is 2.19. The molecule has 0 saturated heterocycles. The summed E-state index contributed by atoms with van der Waals surface area (Å²) in [4.78, 5) is 8.97. The van der Waals surface area contributed by atoms with E-state index in [4.69, 9.17) is 14.0 Å². The van der Waals surface area contributed by atoms with E-state index in [2.05, 4.69) is 25.8 Å². The van der Waals surface area contributed by atoms with E-state index in [1.54, 1.807) is 7.11 Å². The third kappa shape index (κ3) is 8.88. The predicted molar refractivity (Wildman–Crippen MR) is 125 cm³/mol. The van der Waals surface area contributed by atoms with Crippen molar-refractivity contribution in [1.82, 2.24) is 20.8 Å². The van der Waals surface area contributed by atoms with E-state index in [0.717, 1.165) is 29.8 Å². The fraction of sp³-hybridized carbons (Fsp3) is 0.550. The molecule has 1 aromatic heterocycles. The van der Waals surface area contributed by atoms with Gasteiger partial charge in [0.2, 0.25) is 5.89 Å². The van der Waals surface area contributed by atoms with Crippen molar-refractivity contribution in [2.75, 3.05) is 26.7 Å². The molecule has 0 aliphatic carbocycles. The van der Waals surface area contributed by atoms with E-state index in [9.17, 15) is 0 Å². The summed E-state index contributed by atoms with van der Waals surface area (Å²) in [6.45, 7) is 10.0. The number of rotatable bonds is 10. The van der Waals surface area contributed by atoms with Crippen molar-refractivity contribution in [2.45, 2.75) is 46.1 Å². The lowest BCUT2D eigenvalue weighted by Gasteiger charge is -2.15. The third-order valence-corrected chi connectivity index (χ3v) is 3.86. The maximum absolute atomic E-state index is 5.91. The molecule has 1 unspecified atom stereocenters. The highest BCUT2D eigenvalue weighted by molar-refractivity contribution is 14.0. The molecule has 1 atom stereocenters. The normalized spacial score (nSPS) is 12.3. The number of ether oxygens (including phenoxy) is 2. The number of aromatic nitrogens is 2. The van der Waals surface area contributed by atoms with Gasteiger partial charge in [-0.05, 0) is 26.0 Å². The van der Waals surface area contributed by atoms with E-state index in [1.807, 2.05) is 52.0 Å². The van der Waals surface area contributed by atoms with Crippen LogP contribution in [0.4, 0.5) is 0 Å². The van der Waals surface area contributed by atoms with Gasteiger partial charge in [-0.2, -0.15) is 4.98 Å². The summed E-state index contributed by atoms with van der Waals surface area (Å²) in [5.41, 5.74) is 0. The monoisotopic (exact) mass is 517 g/mol. The molecule has 0 saturated carbocycles. The number of nitrogens with one attached hydrogen (secondary N) is 2. The fourth-order valence-corrected chi connectivity index (χ4v) is 2.40. The van der Waals surface area contributed by atoms with Crippen LogP contribution in [0.5, 0.6) is 11.5 Å². The molecule has 2 rings (SSSR count). The smallest absolute Gasteiger partial charge is 0.228 e. The quantitative estimate of drug-likeness (QED) is 0.284. The second kappa shape index (κ2) is 13.2. The SMILES string of the molecule is CCNC(=NCC(C)Oc1cccc(OC)c1)NCCc1nc(C(C)C)no1.I. The van der Waals surface area contributed by atoms with Gasteiger partial charge in [0.05, 0.1) is 13.7 Å². The molecule has 8 nitrogen and oxygen atoms in total. The Bertz CT molecular complexity index is 751. The van der Waals surface area contributed by atoms with Crippen LogP contribution in [0.2, 0.25) is 0 Å². The van der Waals surface area contributed by atoms with Crippen LogP contribution in [0.1, 0.15) is 45.3 Å². The molecule has 162 valence electrons. The molecule has 0 radical (unpaired) electrons. The predicted octanol–water partition coefficient (Wildman–Crippen LogP) is 3.38. The lowest BCUT2D eigenvalue weighted by atomic mass is 10.2. The molecular weight excluding hydrogens is 485 g/mol. The van der Waals surface area contributed by atoms with Gasteiger partial charge in [-0.15, -0.1) is 24.0 Å². The largest absolute Gasteiger partial charge is 0.497 e. The Morgan fingerprint density at radius 3 is 2.62 bits per heavy atom. The van der Waals surface area contributed by atoms with Gasteiger partial charge in [-0.1, -0.05) is 25.1 Å². The first kappa shape index (κ1) is 25.0. The molecule has 29 heavy (non-hydrogen) atoms. The Hall–Kier alpha value is -2.04. The number of aliphatic imine (C=N–C) groups is 1. The first-order chi connectivity index (χ1) is 13.5. The number of benzene rings is 1. The summed E-state index contributed by atoms with van der Waals surface area (Å²) in [7, 11) is 1.64. The van der Waals surface area contributed by atoms with Crippen molar-refractivity contribution >= 4 is 29.9 Å². The van der Waals surface area contributed by atoms with Crippen molar-refractivity contribution in [3.8, 4) is 11.5 Å². The van der Waals surface area contributed by atoms with Gasteiger partial charge in [-0.25, -0.2) is 4.99 Å². The zero-order chi connectivity index (χ0) is 20.4. The maximum Gasteiger partial charge on any atom is 0.228 e. The van der Waals surface area contributed by atoms with Gasteiger partial charge in [-0.3, -0.25) is 0 Å². The first-order valence-electron chi connectivity index (χ1n) is 9.67. The van der Waals surface area contributed by atoms with Gasteiger partial charge in [0, 0.05) is 31.5 Å². The average molecular weight is 517 g/mol. The molecule has 0 aliphatic heterocycles. The van der Waals surface area contributed by atoms with Crippen molar-refractivity contribution in [3.05, 3.63) is 36.0 Å². The first-order valence-corrected chi connectivity index (χ1v) is 9.67. The van der Waals surface area contributed by atoms with Gasteiger partial charge >= 0.3 is 0 Å². The Morgan fingerprint density at radius 2 is 1.97 bits per heavy atom. The number of halogens is 1. The molecular formula is C20H32IN5O3. The molecule has 9 heteroatoms. The summed E-state index contributed by atoms with van der Waals surface area (Å²) in [6.07, 6.45) is 0.562. The molecule has 2 N–H and O–H groups in total. The van der Waals surface area contributed by atoms with E-state index in [-0.39, 0.29) is 36.0 Å². The van der Waals surface area contributed by atoms with E-state index in [1.165, 1.54) is 0 Å². The second-order valence-corrected chi connectivity index (χ2v) is 6.70. The van der Waals surface area contributed by atoms with E-state index in [0.29, 0.717) is 25.4 Å². The topological polar surface area (TPSA) is 93.8 Å². The van der Waals surface area contributed by atoms with Gasteiger partial charge in [0.1, 0.15) is 17.6 Å². The summed E-state index contributed by atoms with van der Waals surface area (Å²) in [5, 5.41) is 10.5. The van der Waals surface area contributed by atoms with Crippen LogP contribution in [-0.4, -0.2) is 48.9 Å². The second-order valence-electron chi connectivity index (χ2n) is 6.70. The minimum Gasteiger partial charge on any atom is -0.497 e. The zero-order valence-corrected chi connectivity index (χ0v) is 20.1. The number of methoxy groups -OCH3 is 1. The van der Waals surface area contributed by atoms with Crippen molar-refractivity contribution in [1.29, 1.82) is 0 Å². The third-order valence-electron chi connectivity index (χ3n) is 3.86. The highest BCUT2D eigenvalue weighted by atomic mass is 127. The standard InChI is InChI=1S/C20H31N5O3.HI/c1-6-21-20(22-11-10-18-24-19(14(2)3)25-28-18)23-13-15(4)27-17-9-7-8-16(12-17)26-5;/h7-9,12,14-15H,6,10-11,13H2,1-5H3,(H2,21,22,23);1H. The van der Waals surface area contributed by atoms with Crippen LogP contribution in [0.3, 0.4) is 0 Å². The maximum atomic E-state index is 5.91. The number of hydrogen-bond donors (Lipinski definition) is 2. The number of hydrogen-bond acceptors (Lipinski definition) is 6. The molecule has 0 bridgehead atoms. The fourth-order valence-electron chi connectivity index (χ4n) is 2.40. The summed E-state index contributed by atoms with van der Waals surface area (Å²) < 4.78 is 16.4. The molecule has 2 aromatic rings. The van der Waals surface area contributed by atoms with Crippen LogP contribution in [0, 0.1) is 0 Å². The Labute approximate surface area is 189 Å². The van der Waals surface area contributed by atoms with Crippen molar-refractivity contribution in [2.24, 2.45) is 4.99 Å².